The zero-order valence-corrected chi connectivity index (χ0v) is 17.1. The van der Waals surface area contributed by atoms with Gasteiger partial charge < -0.3 is 0 Å². The van der Waals surface area contributed by atoms with Gasteiger partial charge in [-0.3, -0.25) is 0 Å². The van der Waals surface area contributed by atoms with Crippen LogP contribution in [0.15, 0.2) is 24.3 Å². The second kappa shape index (κ2) is 9.27. The van der Waals surface area contributed by atoms with Gasteiger partial charge in [-0.25, -0.2) is 13.1 Å². The van der Waals surface area contributed by atoms with Gasteiger partial charge in [0.25, 0.3) is 10.2 Å². The molecule has 0 saturated carbocycles. The van der Waals surface area contributed by atoms with Crippen LogP contribution in [-0.2, 0) is 32.5 Å². The fourth-order valence-electron chi connectivity index (χ4n) is 2.92. The summed E-state index contributed by atoms with van der Waals surface area (Å²) >= 11 is 0. The molecular weight excluding hydrogens is 374 g/mol. The molecule has 1 aliphatic rings. The third-order valence-electron chi connectivity index (χ3n) is 4.16. The topological polar surface area (TPSA) is 95.6 Å². The minimum absolute atomic E-state index is 0.0923. The lowest BCUT2D eigenvalue weighted by atomic mass is 10.1. The molecule has 1 aromatic rings. The SMILES string of the molecule is CC(C)NS(=O)(=O)Cc1ccc(CNS(=O)(=O)N2CCCCCC2)cc1. The minimum Gasteiger partial charge on any atom is -0.212 e. The van der Waals surface area contributed by atoms with E-state index in [1.165, 1.54) is 4.31 Å². The number of nitrogens with one attached hydrogen (secondary N) is 2. The van der Waals surface area contributed by atoms with Crippen LogP contribution in [0.1, 0.15) is 50.7 Å². The van der Waals surface area contributed by atoms with E-state index in [9.17, 15) is 16.8 Å². The normalized spacial score (nSPS) is 17.3. The maximum Gasteiger partial charge on any atom is 0.279 e. The number of rotatable bonds is 8. The van der Waals surface area contributed by atoms with Gasteiger partial charge in [0, 0.05) is 25.7 Å². The standard InChI is InChI=1S/C17H29N3O4S2/c1-15(2)19-25(21,22)14-17-9-7-16(8-10-17)13-18-26(23,24)20-11-5-3-4-6-12-20/h7-10,15,18-19H,3-6,11-14H2,1-2H3. The lowest BCUT2D eigenvalue weighted by molar-refractivity contribution is 0.414. The van der Waals surface area contributed by atoms with Gasteiger partial charge in [-0.15, -0.1) is 0 Å². The predicted molar refractivity (Wildman–Crippen MR) is 103 cm³/mol. The highest BCUT2D eigenvalue weighted by Gasteiger charge is 2.22. The van der Waals surface area contributed by atoms with Crippen LogP contribution in [-0.4, -0.2) is 40.3 Å². The smallest absolute Gasteiger partial charge is 0.212 e. The molecule has 2 N–H and O–H groups in total. The molecule has 0 aliphatic carbocycles. The molecule has 1 aromatic carbocycles. The van der Waals surface area contributed by atoms with Gasteiger partial charge >= 0.3 is 0 Å². The summed E-state index contributed by atoms with van der Waals surface area (Å²) in [4.78, 5) is 0. The van der Waals surface area contributed by atoms with Crippen molar-refractivity contribution in [3.63, 3.8) is 0 Å². The van der Waals surface area contributed by atoms with E-state index in [-0.39, 0.29) is 18.3 Å². The van der Waals surface area contributed by atoms with E-state index in [0.717, 1.165) is 31.2 Å². The maximum absolute atomic E-state index is 12.4. The van der Waals surface area contributed by atoms with Gasteiger partial charge in [-0.2, -0.15) is 17.4 Å². The van der Waals surface area contributed by atoms with Crippen LogP contribution in [0.5, 0.6) is 0 Å². The van der Waals surface area contributed by atoms with Gasteiger partial charge in [-0.1, -0.05) is 37.1 Å². The molecular formula is C17H29N3O4S2. The first-order valence-electron chi connectivity index (χ1n) is 9.00. The van der Waals surface area contributed by atoms with Crippen LogP contribution in [0.25, 0.3) is 0 Å². The van der Waals surface area contributed by atoms with Crippen LogP contribution < -0.4 is 9.44 Å². The number of benzene rings is 1. The average molecular weight is 404 g/mol. The van der Waals surface area contributed by atoms with Crippen LogP contribution in [0.2, 0.25) is 0 Å². The third kappa shape index (κ3) is 6.96. The molecule has 1 aliphatic heterocycles. The summed E-state index contributed by atoms with van der Waals surface area (Å²) < 4.78 is 55.4. The summed E-state index contributed by atoms with van der Waals surface area (Å²) in [7, 11) is -6.85. The number of nitrogens with zero attached hydrogens (tertiary/aromatic N) is 1. The first-order valence-corrected chi connectivity index (χ1v) is 12.1. The van der Waals surface area contributed by atoms with Crippen molar-refractivity contribution in [2.24, 2.45) is 0 Å². The molecule has 2 rings (SSSR count). The highest BCUT2D eigenvalue weighted by atomic mass is 32.2. The van der Waals surface area contributed by atoms with E-state index in [4.69, 9.17) is 0 Å². The predicted octanol–water partition coefficient (Wildman–Crippen LogP) is 1.72. The number of hydrogen-bond acceptors (Lipinski definition) is 4. The quantitative estimate of drug-likeness (QED) is 0.691. The molecule has 0 spiro atoms. The molecule has 1 fully saturated rings. The van der Waals surface area contributed by atoms with Crippen molar-refractivity contribution in [2.45, 2.75) is 57.9 Å². The van der Waals surface area contributed by atoms with Crippen molar-refractivity contribution < 1.29 is 16.8 Å². The van der Waals surface area contributed by atoms with E-state index >= 15 is 0 Å². The van der Waals surface area contributed by atoms with E-state index < -0.39 is 20.2 Å². The molecule has 0 unspecified atom stereocenters. The first-order chi connectivity index (χ1) is 12.2. The molecule has 7 nitrogen and oxygen atoms in total. The first kappa shape index (κ1) is 21.3. The monoisotopic (exact) mass is 403 g/mol. The van der Waals surface area contributed by atoms with Gasteiger partial charge in [0.1, 0.15) is 0 Å². The maximum atomic E-state index is 12.4. The Labute approximate surface area is 157 Å². The minimum atomic E-state index is -3.48. The molecule has 9 heteroatoms. The summed E-state index contributed by atoms with van der Waals surface area (Å²) in [5, 5.41) is 0. The van der Waals surface area contributed by atoms with Crippen molar-refractivity contribution in [3.8, 4) is 0 Å². The lowest BCUT2D eigenvalue weighted by Crippen LogP contribution is -2.40. The molecule has 0 bridgehead atoms. The summed E-state index contributed by atoms with van der Waals surface area (Å²) in [5.41, 5.74) is 1.46. The Kier molecular flexibility index (Phi) is 7.60. The molecule has 0 atom stereocenters. The Morgan fingerprint density at radius 2 is 1.46 bits per heavy atom. The second-order valence-electron chi connectivity index (χ2n) is 6.99. The van der Waals surface area contributed by atoms with Gasteiger partial charge in [0.15, 0.2) is 0 Å². The van der Waals surface area contributed by atoms with Gasteiger partial charge in [0.05, 0.1) is 5.75 Å². The largest absolute Gasteiger partial charge is 0.279 e. The lowest BCUT2D eigenvalue weighted by Gasteiger charge is -2.20. The van der Waals surface area contributed by atoms with E-state index in [2.05, 4.69) is 9.44 Å². The zero-order valence-electron chi connectivity index (χ0n) is 15.4. The van der Waals surface area contributed by atoms with E-state index in [0.29, 0.717) is 18.7 Å². The number of sulfonamides is 1. The highest BCUT2D eigenvalue weighted by molar-refractivity contribution is 7.88. The molecule has 26 heavy (non-hydrogen) atoms. The van der Waals surface area contributed by atoms with Crippen LogP contribution in [0.4, 0.5) is 0 Å². The van der Waals surface area contributed by atoms with Crippen molar-refractivity contribution in [1.82, 2.24) is 13.7 Å². The third-order valence-corrected chi connectivity index (χ3v) is 7.26. The molecule has 0 amide bonds. The Bertz CT molecular complexity index is 767. The van der Waals surface area contributed by atoms with Crippen molar-refractivity contribution in [1.29, 1.82) is 0 Å². The Morgan fingerprint density at radius 3 is 2.00 bits per heavy atom. The summed E-state index contributed by atoms with van der Waals surface area (Å²) in [6.45, 7) is 4.87. The Morgan fingerprint density at radius 1 is 0.923 bits per heavy atom. The second-order valence-corrected chi connectivity index (χ2v) is 10.5. The summed E-state index contributed by atoms with van der Waals surface area (Å²) in [6, 6.07) is 6.80. The molecule has 1 heterocycles. The zero-order chi connectivity index (χ0) is 19.2. The molecule has 1 saturated heterocycles. The average Bonchev–Trinajstić information content (AvgIpc) is 2.82. The molecule has 148 valence electrons. The Hall–Kier alpha value is -1.00. The Balaban J connectivity index is 1.92. The summed E-state index contributed by atoms with van der Waals surface area (Å²) in [6.07, 6.45) is 3.94. The van der Waals surface area contributed by atoms with E-state index in [1.54, 1.807) is 38.1 Å². The van der Waals surface area contributed by atoms with Crippen molar-refractivity contribution in [3.05, 3.63) is 35.4 Å². The highest BCUT2D eigenvalue weighted by Crippen LogP contribution is 2.13. The van der Waals surface area contributed by atoms with Crippen LogP contribution in [0, 0.1) is 0 Å². The van der Waals surface area contributed by atoms with E-state index in [1.807, 2.05) is 0 Å². The van der Waals surface area contributed by atoms with Gasteiger partial charge in [0.2, 0.25) is 10.0 Å². The van der Waals surface area contributed by atoms with Crippen LogP contribution in [0.3, 0.4) is 0 Å². The van der Waals surface area contributed by atoms with Crippen LogP contribution >= 0.6 is 0 Å². The molecule has 0 aromatic heterocycles. The fourth-order valence-corrected chi connectivity index (χ4v) is 5.62. The summed E-state index contributed by atoms with van der Waals surface area (Å²) in [5.74, 6) is -0.0923. The van der Waals surface area contributed by atoms with Crippen molar-refractivity contribution in [2.75, 3.05) is 13.1 Å². The fraction of sp³-hybridized carbons (Fsp3) is 0.647. The van der Waals surface area contributed by atoms with Crippen molar-refractivity contribution >= 4 is 20.2 Å². The molecule has 0 radical (unpaired) electrons. The number of hydrogen-bond donors (Lipinski definition) is 2. The van der Waals surface area contributed by atoms with Gasteiger partial charge in [-0.05, 0) is 37.8 Å².